The van der Waals surface area contributed by atoms with Gasteiger partial charge < -0.3 is 5.32 Å². The van der Waals surface area contributed by atoms with Crippen molar-refractivity contribution in [1.82, 2.24) is 15.1 Å². The second kappa shape index (κ2) is 8.76. The normalized spacial score (nSPS) is 19.8. The molecule has 1 saturated carbocycles. The summed E-state index contributed by atoms with van der Waals surface area (Å²) in [4.78, 5) is 28.5. The van der Waals surface area contributed by atoms with Crippen molar-refractivity contribution in [1.29, 1.82) is 0 Å². The van der Waals surface area contributed by atoms with Gasteiger partial charge in [-0.1, -0.05) is 18.2 Å². The van der Waals surface area contributed by atoms with Gasteiger partial charge in [-0.25, -0.2) is 9.07 Å². The molecule has 1 aliphatic heterocycles. The fourth-order valence-corrected chi connectivity index (χ4v) is 4.88. The van der Waals surface area contributed by atoms with E-state index in [4.69, 9.17) is 5.10 Å². The van der Waals surface area contributed by atoms with Crippen LogP contribution in [0.25, 0.3) is 0 Å². The van der Waals surface area contributed by atoms with Gasteiger partial charge in [-0.05, 0) is 62.6 Å². The van der Waals surface area contributed by atoms with Crippen molar-refractivity contribution < 1.29 is 27.2 Å². The van der Waals surface area contributed by atoms with Crippen LogP contribution in [0.5, 0.6) is 0 Å². The maximum Gasteiger partial charge on any atom is 0.416 e. The topological polar surface area (TPSA) is 67.2 Å². The van der Waals surface area contributed by atoms with E-state index in [9.17, 15) is 27.2 Å². The smallest absolute Gasteiger partial charge is 0.339 e. The molecule has 2 unspecified atom stereocenters. The Morgan fingerprint density at radius 2 is 1.83 bits per heavy atom. The molecule has 10 heteroatoms. The second-order valence-corrected chi connectivity index (χ2v) is 9.14. The van der Waals surface area contributed by atoms with Crippen molar-refractivity contribution in [2.45, 2.75) is 50.9 Å². The summed E-state index contributed by atoms with van der Waals surface area (Å²) in [6, 6.07) is 8.77. The third-order valence-electron chi connectivity index (χ3n) is 6.71. The van der Waals surface area contributed by atoms with E-state index in [-0.39, 0.29) is 11.6 Å². The Hall–Kier alpha value is -3.69. The third kappa shape index (κ3) is 4.14. The van der Waals surface area contributed by atoms with Gasteiger partial charge in [0.1, 0.15) is 17.7 Å². The number of carbonyl (C=O) groups excluding carboxylic acids is 2. The van der Waals surface area contributed by atoms with Gasteiger partial charge in [0.25, 0.3) is 11.8 Å². The Morgan fingerprint density at radius 3 is 2.44 bits per heavy atom. The van der Waals surface area contributed by atoms with Gasteiger partial charge in [0.15, 0.2) is 0 Å². The summed E-state index contributed by atoms with van der Waals surface area (Å²) in [6.07, 6.45) is -2.73. The van der Waals surface area contributed by atoms with E-state index >= 15 is 0 Å². The molecule has 6 nitrogen and oxygen atoms in total. The summed E-state index contributed by atoms with van der Waals surface area (Å²) in [7, 11) is 0. The molecule has 1 aliphatic carbocycles. The van der Waals surface area contributed by atoms with Crippen molar-refractivity contribution in [2.24, 2.45) is 0 Å². The van der Waals surface area contributed by atoms with E-state index in [0.717, 1.165) is 36.6 Å². The highest BCUT2D eigenvalue weighted by molar-refractivity contribution is 6.05. The predicted octanol–water partition coefficient (Wildman–Crippen LogP) is 4.98. The molecule has 1 fully saturated rings. The number of anilines is 1. The number of amides is 2. The quantitative estimate of drug-likeness (QED) is 0.503. The molecule has 2 heterocycles. The number of benzene rings is 2. The first-order chi connectivity index (χ1) is 17.1. The molecule has 188 valence electrons. The molecule has 0 bridgehead atoms. The lowest BCUT2D eigenvalue weighted by molar-refractivity contribution is -0.137. The summed E-state index contributed by atoms with van der Waals surface area (Å²) in [5.74, 6) is -1.70. The Labute approximate surface area is 204 Å². The lowest BCUT2D eigenvalue weighted by Gasteiger charge is -2.38. The molecule has 2 aromatic carbocycles. The minimum atomic E-state index is -4.62. The molecular weight excluding hydrogens is 476 g/mol. The number of hydrogen-bond acceptors (Lipinski definition) is 3. The van der Waals surface area contributed by atoms with E-state index in [0.29, 0.717) is 23.6 Å². The maximum absolute atomic E-state index is 13.8. The Kier molecular flexibility index (Phi) is 5.84. The molecule has 1 N–H and O–H groups in total. The average molecular weight is 500 g/mol. The Balaban J connectivity index is 1.60. The van der Waals surface area contributed by atoms with Crippen LogP contribution in [-0.2, 0) is 11.0 Å². The zero-order valence-electron chi connectivity index (χ0n) is 19.6. The monoisotopic (exact) mass is 500 g/mol. The van der Waals surface area contributed by atoms with Crippen molar-refractivity contribution in [3.05, 3.63) is 82.3 Å². The zero-order chi connectivity index (χ0) is 25.8. The fourth-order valence-electron chi connectivity index (χ4n) is 4.88. The van der Waals surface area contributed by atoms with Gasteiger partial charge in [-0.2, -0.15) is 18.3 Å². The van der Waals surface area contributed by atoms with Gasteiger partial charge in [0.05, 0.1) is 17.3 Å². The number of hydrogen-bond donors (Lipinski definition) is 1. The van der Waals surface area contributed by atoms with Gasteiger partial charge in [0, 0.05) is 23.6 Å². The van der Waals surface area contributed by atoms with Crippen LogP contribution in [0.4, 0.5) is 23.4 Å². The van der Waals surface area contributed by atoms with Crippen LogP contribution in [0.3, 0.4) is 0 Å². The highest BCUT2D eigenvalue weighted by Gasteiger charge is 2.47. The highest BCUT2D eigenvalue weighted by atomic mass is 19.4. The first-order valence-corrected chi connectivity index (χ1v) is 11.7. The highest BCUT2D eigenvalue weighted by Crippen LogP contribution is 2.47. The first-order valence-electron chi connectivity index (χ1n) is 11.7. The van der Waals surface area contributed by atoms with Crippen molar-refractivity contribution in [3.63, 3.8) is 0 Å². The van der Waals surface area contributed by atoms with Gasteiger partial charge in [-0.15, -0.1) is 0 Å². The second-order valence-electron chi connectivity index (χ2n) is 9.14. The third-order valence-corrected chi connectivity index (χ3v) is 6.71. The predicted molar refractivity (Wildman–Crippen MR) is 124 cm³/mol. The van der Waals surface area contributed by atoms with E-state index in [2.05, 4.69) is 5.32 Å². The Morgan fingerprint density at radius 1 is 1.14 bits per heavy atom. The minimum Gasteiger partial charge on any atom is -0.339 e. The van der Waals surface area contributed by atoms with E-state index in [1.165, 1.54) is 18.2 Å². The number of fused-ring (bicyclic) bond motifs is 1. The fraction of sp³-hybridized carbons (Fsp3) is 0.346. The van der Waals surface area contributed by atoms with Gasteiger partial charge in [0.2, 0.25) is 0 Å². The van der Waals surface area contributed by atoms with Crippen molar-refractivity contribution in [3.8, 4) is 0 Å². The molecule has 0 radical (unpaired) electrons. The number of nitrogens with one attached hydrogen (secondary N) is 1. The Bertz CT molecular complexity index is 1330. The van der Waals surface area contributed by atoms with Crippen molar-refractivity contribution >= 4 is 17.6 Å². The number of carbonyl (C=O) groups is 2. The molecule has 2 aliphatic rings. The maximum atomic E-state index is 13.8. The number of aryl methyl sites for hydroxylation is 1. The average Bonchev–Trinajstić information content (AvgIpc) is 3.63. The van der Waals surface area contributed by atoms with Crippen LogP contribution < -0.4 is 10.2 Å². The summed E-state index contributed by atoms with van der Waals surface area (Å²) in [5, 5.41) is 7.39. The number of likely N-dealkylation sites (N-methyl/N-ethyl adjacent to an activating group) is 1. The number of halogens is 4. The van der Waals surface area contributed by atoms with Crippen LogP contribution in [0, 0.1) is 12.7 Å². The number of nitrogens with zero attached hydrogens (tertiary/aromatic N) is 3. The van der Waals surface area contributed by atoms with Crippen LogP contribution in [-0.4, -0.2) is 34.2 Å². The molecule has 2 amide bonds. The van der Waals surface area contributed by atoms with E-state index in [1.807, 2.05) is 18.5 Å². The molecule has 1 aromatic heterocycles. The van der Waals surface area contributed by atoms with Crippen LogP contribution in [0.15, 0.2) is 48.5 Å². The molecule has 3 aromatic rings. The molecular formula is C26H24F4N4O2. The van der Waals surface area contributed by atoms with Crippen LogP contribution in [0.2, 0.25) is 0 Å². The van der Waals surface area contributed by atoms with Crippen LogP contribution in [0.1, 0.15) is 64.5 Å². The molecule has 36 heavy (non-hydrogen) atoms. The summed E-state index contributed by atoms with van der Waals surface area (Å²) < 4.78 is 55.2. The summed E-state index contributed by atoms with van der Waals surface area (Å²) >= 11 is 0. The summed E-state index contributed by atoms with van der Waals surface area (Å²) in [6.45, 7) is 3.95. The largest absolute Gasteiger partial charge is 0.416 e. The SMILES string of the molecule is CCN1C(=O)C(NC(=O)c2cccc(C(F)(F)F)c2)C(c2ccc(F)cc2)c2c(C)nn(C3CC3)c21. The molecule has 0 saturated heterocycles. The molecule has 0 spiro atoms. The van der Waals surface area contributed by atoms with Crippen molar-refractivity contribution in [2.75, 3.05) is 11.4 Å². The first kappa shape index (κ1) is 24.0. The number of alkyl halides is 3. The number of aromatic nitrogens is 2. The zero-order valence-corrected chi connectivity index (χ0v) is 19.6. The standard InChI is InChI=1S/C26H24F4N4O2/c1-3-33-24-20(14(2)32-34(24)19-11-12-19)21(15-7-9-18(27)10-8-15)22(25(33)36)31-23(35)16-5-4-6-17(13-16)26(28,29)30/h4-10,13,19,21-22H,3,11-12H2,1-2H3,(H,31,35). The van der Waals surface area contributed by atoms with Gasteiger partial charge in [-0.3, -0.25) is 14.5 Å². The lowest BCUT2D eigenvalue weighted by atomic mass is 9.81. The lowest BCUT2D eigenvalue weighted by Crippen LogP contribution is -2.55. The minimum absolute atomic E-state index is 0.180. The molecule has 5 rings (SSSR count). The summed E-state index contributed by atoms with van der Waals surface area (Å²) in [5.41, 5.74) is 0.836. The molecule has 2 atom stereocenters. The van der Waals surface area contributed by atoms with Crippen LogP contribution >= 0.6 is 0 Å². The van der Waals surface area contributed by atoms with Gasteiger partial charge >= 0.3 is 6.18 Å². The van der Waals surface area contributed by atoms with E-state index in [1.54, 1.807) is 17.0 Å². The van der Waals surface area contributed by atoms with E-state index < -0.39 is 41.3 Å². The number of rotatable bonds is 5.